The zero-order valence-corrected chi connectivity index (χ0v) is 12.3. The second kappa shape index (κ2) is 5.69. The van der Waals surface area contributed by atoms with Crippen LogP contribution in [0.25, 0.3) is 22.0 Å². The van der Waals surface area contributed by atoms with E-state index in [1.807, 2.05) is 5.38 Å². The van der Waals surface area contributed by atoms with E-state index >= 15 is 0 Å². The lowest BCUT2D eigenvalue weighted by Crippen LogP contribution is -2.04. The standard InChI is InChI=1S/C13H7ClF3N3OS/c14-5-9-6-22-11(18-9)8-3-1-7(2-4-8)10-19-12(21-20-10)13(15,16)17/h1-4,6H,5H2. The molecule has 114 valence electrons. The maximum absolute atomic E-state index is 12.4. The monoisotopic (exact) mass is 345 g/mol. The van der Waals surface area contributed by atoms with Crippen LogP contribution in [0, 0.1) is 0 Å². The van der Waals surface area contributed by atoms with Crippen molar-refractivity contribution in [2.75, 3.05) is 0 Å². The summed E-state index contributed by atoms with van der Waals surface area (Å²) in [6, 6.07) is 6.69. The van der Waals surface area contributed by atoms with E-state index < -0.39 is 12.1 Å². The fraction of sp³-hybridized carbons (Fsp3) is 0.154. The van der Waals surface area contributed by atoms with Crippen molar-refractivity contribution in [2.45, 2.75) is 12.1 Å². The van der Waals surface area contributed by atoms with Crippen molar-refractivity contribution in [2.24, 2.45) is 0 Å². The van der Waals surface area contributed by atoms with Gasteiger partial charge in [0.2, 0.25) is 5.82 Å². The SMILES string of the molecule is FC(F)(F)c1nc(-c2ccc(-c3nc(CCl)cs3)cc2)no1. The molecule has 1 aromatic carbocycles. The topological polar surface area (TPSA) is 51.8 Å². The molecule has 0 saturated heterocycles. The number of alkyl halides is 4. The summed E-state index contributed by atoms with van der Waals surface area (Å²) in [4.78, 5) is 7.66. The summed E-state index contributed by atoms with van der Waals surface area (Å²) in [5.74, 6) is -1.14. The van der Waals surface area contributed by atoms with Gasteiger partial charge in [0.1, 0.15) is 5.01 Å². The number of aromatic nitrogens is 3. The summed E-state index contributed by atoms with van der Waals surface area (Å²) in [5, 5.41) is 5.97. The molecule has 0 aliphatic carbocycles. The molecule has 0 radical (unpaired) electrons. The maximum atomic E-state index is 12.4. The molecule has 0 unspecified atom stereocenters. The van der Waals surface area contributed by atoms with Crippen LogP contribution in [0.4, 0.5) is 13.2 Å². The van der Waals surface area contributed by atoms with Crippen LogP contribution in [0.2, 0.25) is 0 Å². The Kier molecular flexibility index (Phi) is 3.88. The third kappa shape index (κ3) is 2.97. The predicted octanol–water partition coefficient (Wildman–Crippen LogP) is 4.62. The van der Waals surface area contributed by atoms with Gasteiger partial charge in [0.15, 0.2) is 0 Å². The number of thiazole rings is 1. The van der Waals surface area contributed by atoms with E-state index in [1.165, 1.54) is 11.3 Å². The molecule has 0 fully saturated rings. The summed E-state index contributed by atoms with van der Waals surface area (Å²) in [6.45, 7) is 0. The average Bonchev–Trinajstić information content (AvgIpc) is 3.16. The molecular weight excluding hydrogens is 339 g/mol. The van der Waals surface area contributed by atoms with Gasteiger partial charge >= 0.3 is 12.1 Å². The van der Waals surface area contributed by atoms with Gasteiger partial charge in [-0.2, -0.15) is 18.2 Å². The van der Waals surface area contributed by atoms with Crippen LogP contribution in [0.3, 0.4) is 0 Å². The van der Waals surface area contributed by atoms with Crippen molar-refractivity contribution in [1.82, 2.24) is 15.1 Å². The highest BCUT2D eigenvalue weighted by atomic mass is 35.5. The predicted molar refractivity (Wildman–Crippen MR) is 75.4 cm³/mol. The molecule has 0 atom stereocenters. The Balaban J connectivity index is 1.86. The van der Waals surface area contributed by atoms with Crippen LogP contribution in [-0.2, 0) is 12.1 Å². The summed E-state index contributed by atoms with van der Waals surface area (Å²) in [7, 11) is 0. The first-order valence-electron chi connectivity index (χ1n) is 5.99. The maximum Gasteiger partial charge on any atom is 0.471 e. The largest absolute Gasteiger partial charge is 0.471 e. The highest BCUT2D eigenvalue weighted by Gasteiger charge is 2.38. The highest BCUT2D eigenvalue weighted by molar-refractivity contribution is 7.13. The third-order valence-corrected chi connectivity index (χ3v) is 3.96. The molecule has 0 amide bonds. The lowest BCUT2D eigenvalue weighted by molar-refractivity contribution is -0.159. The van der Waals surface area contributed by atoms with Crippen LogP contribution in [0.15, 0.2) is 34.2 Å². The molecule has 9 heteroatoms. The zero-order chi connectivity index (χ0) is 15.7. The van der Waals surface area contributed by atoms with Gasteiger partial charge in [-0.3, -0.25) is 0 Å². The Morgan fingerprint density at radius 1 is 1.09 bits per heavy atom. The van der Waals surface area contributed by atoms with Crippen molar-refractivity contribution >= 4 is 22.9 Å². The normalized spacial score (nSPS) is 11.8. The minimum absolute atomic E-state index is 0.112. The van der Waals surface area contributed by atoms with Gasteiger partial charge in [0.05, 0.1) is 11.6 Å². The van der Waals surface area contributed by atoms with E-state index in [0.717, 1.165) is 16.3 Å². The van der Waals surface area contributed by atoms with Gasteiger partial charge in [-0.1, -0.05) is 29.4 Å². The van der Waals surface area contributed by atoms with Crippen molar-refractivity contribution in [3.05, 3.63) is 41.2 Å². The molecule has 3 aromatic rings. The zero-order valence-electron chi connectivity index (χ0n) is 10.8. The Morgan fingerprint density at radius 3 is 2.32 bits per heavy atom. The molecule has 3 rings (SSSR count). The van der Waals surface area contributed by atoms with Crippen molar-refractivity contribution in [1.29, 1.82) is 0 Å². The molecular formula is C13H7ClF3N3OS. The van der Waals surface area contributed by atoms with Crippen molar-refractivity contribution in [3.63, 3.8) is 0 Å². The van der Waals surface area contributed by atoms with Crippen molar-refractivity contribution in [3.8, 4) is 22.0 Å². The first-order chi connectivity index (χ1) is 10.5. The smallest absolute Gasteiger partial charge is 0.329 e. The fourth-order valence-electron chi connectivity index (χ4n) is 1.72. The Labute approximate surface area is 131 Å². The minimum atomic E-state index is -4.65. The van der Waals surface area contributed by atoms with Gasteiger partial charge in [0.25, 0.3) is 0 Å². The lowest BCUT2D eigenvalue weighted by Gasteiger charge is -1.98. The molecule has 0 spiro atoms. The molecule has 0 bridgehead atoms. The number of nitrogens with zero attached hydrogens (tertiary/aromatic N) is 3. The van der Waals surface area contributed by atoms with Crippen molar-refractivity contribution < 1.29 is 17.7 Å². The molecule has 0 N–H and O–H groups in total. The number of hydrogen-bond donors (Lipinski definition) is 0. The highest BCUT2D eigenvalue weighted by Crippen LogP contribution is 2.30. The molecule has 2 heterocycles. The second-order valence-electron chi connectivity index (χ2n) is 4.28. The van der Waals surface area contributed by atoms with Crippen LogP contribution in [0.5, 0.6) is 0 Å². The van der Waals surface area contributed by atoms with Gasteiger partial charge in [-0.25, -0.2) is 4.98 Å². The van der Waals surface area contributed by atoms with E-state index in [9.17, 15) is 13.2 Å². The summed E-state index contributed by atoms with van der Waals surface area (Å²) in [6.07, 6.45) is -4.65. The minimum Gasteiger partial charge on any atom is -0.329 e. The molecule has 22 heavy (non-hydrogen) atoms. The lowest BCUT2D eigenvalue weighted by atomic mass is 10.1. The fourth-order valence-corrected chi connectivity index (χ4v) is 2.77. The number of rotatable bonds is 3. The average molecular weight is 346 g/mol. The molecule has 0 aliphatic rings. The molecule has 2 aromatic heterocycles. The summed E-state index contributed by atoms with van der Waals surface area (Å²) in [5.41, 5.74) is 2.04. The van der Waals surface area contributed by atoms with Crippen LogP contribution in [0.1, 0.15) is 11.6 Å². The quantitative estimate of drug-likeness (QED) is 0.650. The first kappa shape index (κ1) is 15.0. The Morgan fingerprint density at radius 2 is 1.77 bits per heavy atom. The van der Waals surface area contributed by atoms with E-state index in [4.69, 9.17) is 11.6 Å². The van der Waals surface area contributed by atoms with Gasteiger partial charge in [-0.15, -0.1) is 22.9 Å². The molecule has 0 aliphatic heterocycles. The number of hydrogen-bond acceptors (Lipinski definition) is 5. The van der Waals surface area contributed by atoms with Gasteiger partial charge < -0.3 is 4.52 Å². The van der Waals surface area contributed by atoms with Gasteiger partial charge in [0, 0.05) is 16.5 Å². The third-order valence-electron chi connectivity index (χ3n) is 2.75. The summed E-state index contributed by atoms with van der Waals surface area (Å²) >= 11 is 7.14. The van der Waals surface area contributed by atoms with E-state index in [0.29, 0.717) is 11.4 Å². The van der Waals surface area contributed by atoms with Crippen LogP contribution >= 0.6 is 22.9 Å². The molecule has 4 nitrogen and oxygen atoms in total. The van der Waals surface area contributed by atoms with E-state index in [1.54, 1.807) is 24.3 Å². The Bertz CT molecular complexity index is 782. The van der Waals surface area contributed by atoms with Crippen LogP contribution < -0.4 is 0 Å². The molecule has 0 saturated carbocycles. The van der Waals surface area contributed by atoms with Crippen LogP contribution in [-0.4, -0.2) is 15.1 Å². The number of benzene rings is 1. The van der Waals surface area contributed by atoms with E-state index in [2.05, 4.69) is 19.6 Å². The first-order valence-corrected chi connectivity index (χ1v) is 7.41. The Hall–Kier alpha value is -1.93. The van der Waals surface area contributed by atoms with Gasteiger partial charge in [-0.05, 0) is 0 Å². The number of halogens is 4. The summed E-state index contributed by atoms with van der Waals surface area (Å²) < 4.78 is 41.5. The second-order valence-corrected chi connectivity index (χ2v) is 5.40. The van der Waals surface area contributed by atoms with E-state index in [-0.39, 0.29) is 5.82 Å².